The Bertz CT molecular complexity index is 559. The van der Waals surface area contributed by atoms with Crippen molar-refractivity contribution in [2.24, 2.45) is 0 Å². The van der Waals surface area contributed by atoms with Gasteiger partial charge in [-0.3, -0.25) is 4.79 Å². The van der Waals surface area contributed by atoms with E-state index in [2.05, 4.69) is 9.97 Å². The molecule has 1 amide bonds. The summed E-state index contributed by atoms with van der Waals surface area (Å²) in [4.78, 5) is 32.5. The Balaban J connectivity index is 1.78. The third kappa shape index (κ3) is 2.42. The van der Waals surface area contributed by atoms with E-state index in [0.29, 0.717) is 0 Å². The Morgan fingerprint density at radius 3 is 2.90 bits per heavy atom. The van der Waals surface area contributed by atoms with Crippen LogP contribution in [0, 0.1) is 0 Å². The van der Waals surface area contributed by atoms with Crippen molar-refractivity contribution >= 4 is 11.9 Å². The second kappa shape index (κ2) is 5.14. The molecular weight excluding hydrogens is 274 g/mol. The number of hydrogen-bond acceptors (Lipinski definition) is 4. The van der Waals surface area contributed by atoms with E-state index in [1.807, 2.05) is 0 Å². The number of nitrogens with zero attached hydrogens (tertiary/aromatic N) is 2. The molecule has 1 saturated carbocycles. The van der Waals surface area contributed by atoms with Crippen molar-refractivity contribution in [3.05, 3.63) is 17.7 Å². The van der Waals surface area contributed by atoms with Gasteiger partial charge < -0.3 is 19.7 Å². The minimum absolute atomic E-state index is 0.163. The highest BCUT2D eigenvalue weighted by Crippen LogP contribution is 2.39. The summed E-state index contributed by atoms with van der Waals surface area (Å²) < 4.78 is 5.47. The Kier molecular flexibility index (Phi) is 3.44. The topological polar surface area (TPSA) is 95.5 Å². The van der Waals surface area contributed by atoms with Crippen LogP contribution in [0.3, 0.4) is 0 Å². The molecule has 0 radical (unpaired) electrons. The van der Waals surface area contributed by atoms with Crippen LogP contribution in [0.4, 0.5) is 0 Å². The SMILES string of the molecule is COC1(CC(=O)N2Cc3[nH]cnc3CC2C(=O)O)CCC1. The van der Waals surface area contributed by atoms with E-state index in [1.165, 1.54) is 4.90 Å². The molecule has 0 bridgehead atoms. The lowest BCUT2D eigenvalue weighted by Gasteiger charge is -2.42. The standard InChI is InChI=1S/C14H19N3O4/c1-21-14(3-2-4-14)6-12(18)17-7-10-9(15-8-16-10)5-11(17)13(19)20/h8,11H,2-7H2,1H3,(H,15,16)(H,19,20). The van der Waals surface area contributed by atoms with E-state index >= 15 is 0 Å². The Labute approximate surface area is 122 Å². The van der Waals surface area contributed by atoms with E-state index in [0.717, 1.165) is 30.7 Å². The molecule has 2 N–H and O–H groups in total. The zero-order chi connectivity index (χ0) is 15.0. The van der Waals surface area contributed by atoms with E-state index < -0.39 is 17.6 Å². The Hall–Kier alpha value is -1.89. The zero-order valence-corrected chi connectivity index (χ0v) is 12.0. The van der Waals surface area contributed by atoms with E-state index in [-0.39, 0.29) is 25.3 Å². The lowest BCUT2D eigenvalue weighted by molar-refractivity contribution is -0.157. The lowest BCUT2D eigenvalue weighted by atomic mass is 9.77. The molecule has 0 spiro atoms. The first-order chi connectivity index (χ1) is 10.0. The number of carboxylic acid groups (broad SMARTS) is 1. The van der Waals surface area contributed by atoms with Crippen molar-refractivity contribution in [3.8, 4) is 0 Å². The summed E-state index contributed by atoms with van der Waals surface area (Å²) >= 11 is 0. The number of H-pyrrole nitrogens is 1. The Morgan fingerprint density at radius 2 is 2.33 bits per heavy atom. The molecule has 2 aliphatic rings. The van der Waals surface area contributed by atoms with E-state index in [4.69, 9.17) is 4.74 Å². The average molecular weight is 293 g/mol. The van der Waals surface area contributed by atoms with Crippen LogP contribution in [-0.4, -0.2) is 50.6 Å². The maximum Gasteiger partial charge on any atom is 0.326 e. The van der Waals surface area contributed by atoms with Gasteiger partial charge in [-0.15, -0.1) is 0 Å². The number of aromatic amines is 1. The lowest BCUT2D eigenvalue weighted by Crippen LogP contribution is -2.52. The highest BCUT2D eigenvalue weighted by molar-refractivity contribution is 5.85. The number of imidazole rings is 1. The van der Waals surface area contributed by atoms with Crippen molar-refractivity contribution in [2.45, 2.75) is 50.3 Å². The minimum atomic E-state index is -0.989. The molecule has 0 saturated heterocycles. The third-order valence-corrected chi connectivity index (χ3v) is 4.68. The van der Waals surface area contributed by atoms with Crippen molar-refractivity contribution in [1.29, 1.82) is 0 Å². The number of fused-ring (bicyclic) bond motifs is 1. The number of carbonyl (C=O) groups is 2. The number of aliphatic carboxylic acids is 1. The van der Waals surface area contributed by atoms with Gasteiger partial charge in [0.25, 0.3) is 0 Å². The summed E-state index contributed by atoms with van der Waals surface area (Å²) in [7, 11) is 1.62. The fourth-order valence-electron chi connectivity index (χ4n) is 3.12. The van der Waals surface area contributed by atoms with Gasteiger partial charge in [0.15, 0.2) is 0 Å². The van der Waals surface area contributed by atoms with Crippen molar-refractivity contribution in [1.82, 2.24) is 14.9 Å². The van der Waals surface area contributed by atoms with Gasteiger partial charge in [-0.2, -0.15) is 0 Å². The molecule has 3 rings (SSSR count). The first-order valence-electron chi connectivity index (χ1n) is 7.13. The molecule has 1 aromatic heterocycles. The largest absolute Gasteiger partial charge is 0.480 e. The van der Waals surface area contributed by atoms with Crippen LogP contribution in [0.25, 0.3) is 0 Å². The monoisotopic (exact) mass is 293 g/mol. The number of rotatable bonds is 4. The number of aromatic nitrogens is 2. The summed E-state index contributed by atoms with van der Waals surface area (Å²) in [6.45, 7) is 0.269. The summed E-state index contributed by atoms with van der Waals surface area (Å²) in [6.07, 6.45) is 4.80. The second-order valence-electron chi connectivity index (χ2n) is 5.83. The van der Waals surface area contributed by atoms with Gasteiger partial charge in [-0.1, -0.05) is 0 Å². The van der Waals surface area contributed by atoms with E-state index in [9.17, 15) is 14.7 Å². The van der Waals surface area contributed by atoms with Crippen molar-refractivity contribution < 1.29 is 19.4 Å². The second-order valence-corrected chi connectivity index (χ2v) is 5.83. The molecular formula is C14H19N3O4. The smallest absolute Gasteiger partial charge is 0.326 e. The Morgan fingerprint density at radius 1 is 1.57 bits per heavy atom. The van der Waals surface area contributed by atoms with Crippen LogP contribution < -0.4 is 0 Å². The van der Waals surface area contributed by atoms with Gasteiger partial charge in [0, 0.05) is 13.5 Å². The molecule has 1 aliphatic heterocycles. The number of ether oxygens (including phenoxy) is 1. The van der Waals surface area contributed by atoms with Crippen molar-refractivity contribution in [3.63, 3.8) is 0 Å². The predicted molar refractivity (Wildman–Crippen MR) is 72.5 cm³/mol. The molecule has 1 aromatic rings. The number of hydrogen-bond donors (Lipinski definition) is 2. The van der Waals surface area contributed by atoms with Crippen LogP contribution in [0.15, 0.2) is 6.33 Å². The van der Waals surface area contributed by atoms with Gasteiger partial charge in [-0.25, -0.2) is 9.78 Å². The first-order valence-corrected chi connectivity index (χ1v) is 7.13. The van der Waals surface area contributed by atoms with Gasteiger partial charge in [0.1, 0.15) is 6.04 Å². The maximum absolute atomic E-state index is 12.6. The van der Waals surface area contributed by atoms with Crippen LogP contribution in [0.5, 0.6) is 0 Å². The number of methoxy groups -OCH3 is 1. The summed E-state index contributed by atoms with van der Waals surface area (Å²) in [6, 6.07) is -0.845. The fraction of sp³-hybridized carbons (Fsp3) is 0.643. The fourth-order valence-corrected chi connectivity index (χ4v) is 3.12. The summed E-state index contributed by atoms with van der Waals surface area (Å²) in [5, 5.41) is 9.38. The molecule has 0 aromatic carbocycles. The first kappa shape index (κ1) is 14.1. The molecule has 114 valence electrons. The van der Waals surface area contributed by atoms with Crippen LogP contribution in [0.2, 0.25) is 0 Å². The highest BCUT2D eigenvalue weighted by atomic mass is 16.5. The van der Waals surface area contributed by atoms with Gasteiger partial charge >= 0.3 is 5.97 Å². The van der Waals surface area contributed by atoms with Crippen LogP contribution in [-0.2, 0) is 27.3 Å². The molecule has 1 fully saturated rings. The molecule has 1 aliphatic carbocycles. The summed E-state index contributed by atoms with van der Waals surface area (Å²) in [5.74, 6) is -1.15. The summed E-state index contributed by atoms with van der Waals surface area (Å²) in [5.41, 5.74) is 1.16. The minimum Gasteiger partial charge on any atom is -0.480 e. The predicted octanol–water partition coefficient (Wildman–Crippen LogP) is 0.707. The molecule has 1 unspecified atom stereocenters. The molecule has 7 heteroatoms. The number of amides is 1. The molecule has 1 atom stereocenters. The average Bonchev–Trinajstić information content (AvgIpc) is 2.88. The van der Waals surface area contributed by atoms with Crippen LogP contribution in [0.1, 0.15) is 37.1 Å². The van der Waals surface area contributed by atoms with Gasteiger partial charge in [-0.05, 0) is 19.3 Å². The van der Waals surface area contributed by atoms with Gasteiger partial charge in [0.2, 0.25) is 5.91 Å². The van der Waals surface area contributed by atoms with Crippen LogP contribution >= 0.6 is 0 Å². The number of carboxylic acids is 1. The normalized spacial score (nSPS) is 23.3. The third-order valence-electron chi connectivity index (χ3n) is 4.68. The molecule has 2 heterocycles. The molecule has 7 nitrogen and oxygen atoms in total. The zero-order valence-electron chi connectivity index (χ0n) is 12.0. The van der Waals surface area contributed by atoms with Crippen molar-refractivity contribution in [2.75, 3.05) is 7.11 Å². The maximum atomic E-state index is 12.6. The molecule has 21 heavy (non-hydrogen) atoms. The number of carbonyl (C=O) groups excluding carboxylic acids is 1. The number of nitrogens with one attached hydrogen (secondary N) is 1. The quantitative estimate of drug-likeness (QED) is 0.852. The van der Waals surface area contributed by atoms with Gasteiger partial charge in [0.05, 0.1) is 36.3 Å². The highest BCUT2D eigenvalue weighted by Gasteiger charge is 2.43. The van der Waals surface area contributed by atoms with E-state index in [1.54, 1.807) is 13.4 Å².